The number of fused-ring (bicyclic) bond motifs is 1. The van der Waals surface area contributed by atoms with Crippen LogP contribution in [0.3, 0.4) is 0 Å². The lowest BCUT2D eigenvalue weighted by Crippen LogP contribution is -2.00. The highest BCUT2D eigenvalue weighted by Gasteiger charge is 2.09. The molecule has 0 saturated carbocycles. The largest absolute Gasteiger partial charge is 0.466 e. The van der Waals surface area contributed by atoms with Crippen LogP contribution in [0.25, 0.3) is 11.0 Å². The maximum atomic E-state index is 11.6. The molecule has 3 aromatic heterocycles. The highest BCUT2D eigenvalue weighted by atomic mass is 35.5. The van der Waals surface area contributed by atoms with E-state index >= 15 is 0 Å². The summed E-state index contributed by atoms with van der Waals surface area (Å²) in [5.41, 5.74) is 0.651. The molecule has 0 saturated heterocycles. The van der Waals surface area contributed by atoms with Crippen LogP contribution in [0.1, 0.15) is 11.5 Å². The number of carbonyl (C=O) groups excluding carboxylic acids is 1. The molecule has 0 unspecified atom stereocenters. The lowest BCUT2D eigenvalue weighted by molar-refractivity contribution is -0.139. The van der Waals surface area contributed by atoms with Crippen molar-refractivity contribution in [1.82, 2.24) is 9.38 Å². The molecule has 0 aliphatic carbocycles. The number of nitrogens with zero attached hydrogens (tertiary/aromatic N) is 2. The number of carbonyl (C=O) groups is 1. The van der Waals surface area contributed by atoms with E-state index in [9.17, 15) is 4.79 Å². The Labute approximate surface area is 123 Å². The molecule has 0 N–H and O–H groups in total. The van der Waals surface area contributed by atoms with Crippen molar-refractivity contribution in [2.45, 2.75) is 6.61 Å². The van der Waals surface area contributed by atoms with Gasteiger partial charge in [0.2, 0.25) is 0 Å². The standard InChI is InChI=1S/C13H9ClN2O3S/c14-12-10(16-5-7-20-13(16)15-12)3-4-11(17)19-8-9-2-1-6-18-9/h1-7H,8H2/b4-3+. The number of aromatic nitrogens is 2. The molecule has 7 heteroatoms. The molecular weight excluding hydrogens is 300 g/mol. The Bertz CT molecular complexity index is 758. The van der Waals surface area contributed by atoms with Gasteiger partial charge in [0.1, 0.15) is 12.4 Å². The molecule has 5 nitrogen and oxygen atoms in total. The molecule has 3 heterocycles. The Morgan fingerprint density at radius 1 is 1.60 bits per heavy atom. The number of hydrogen-bond acceptors (Lipinski definition) is 5. The van der Waals surface area contributed by atoms with Crippen molar-refractivity contribution in [3.05, 3.63) is 52.7 Å². The minimum Gasteiger partial charge on any atom is -0.466 e. The van der Waals surface area contributed by atoms with Gasteiger partial charge in [-0.25, -0.2) is 9.78 Å². The number of halogens is 1. The molecule has 0 spiro atoms. The average molecular weight is 309 g/mol. The van der Waals surface area contributed by atoms with Gasteiger partial charge in [-0.05, 0) is 18.2 Å². The van der Waals surface area contributed by atoms with E-state index in [2.05, 4.69) is 4.98 Å². The second-order valence-corrected chi connectivity index (χ2v) is 5.09. The van der Waals surface area contributed by atoms with Crippen molar-refractivity contribution in [3.63, 3.8) is 0 Å². The van der Waals surface area contributed by atoms with Gasteiger partial charge in [-0.2, -0.15) is 0 Å². The zero-order valence-corrected chi connectivity index (χ0v) is 11.7. The maximum Gasteiger partial charge on any atom is 0.331 e. The van der Waals surface area contributed by atoms with Gasteiger partial charge in [-0.3, -0.25) is 4.40 Å². The third-order valence-electron chi connectivity index (χ3n) is 2.57. The number of imidazole rings is 1. The molecule has 0 radical (unpaired) electrons. The van der Waals surface area contributed by atoms with Crippen molar-refractivity contribution in [2.75, 3.05) is 0 Å². The monoisotopic (exact) mass is 308 g/mol. The van der Waals surface area contributed by atoms with Crippen molar-refractivity contribution < 1.29 is 13.9 Å². The molecule has 3 rings (SSSR count). The molecule has 0 bridgehead atoms. The SMILES string of the molecule is O=C(/C=C/c1c(Cl)nc2sccn12)OCc1ccco1. The van der Waals surface area contributed by atoms with Gasteiger partial charge in [0.05, 0.1) is 12.0 Å². The van der Waals surface area contributed by atoms with Crippen molar-refractivity contribution in [2.24, 2.45) is 0 Å². The number of furan rings is 1. The highest BCUT2D eigenvalue weighted by molar-refractivity contribution is 7.15. The van der Waals surface area contributed by atoms with Crippen molar-refractivity contribution in [3.8, 4) is 0 Å². The maximum absolute atomic E-state index is 11.6. The van der Waals surface area contributed by atoms with Crippen molar-refractivity contribution in [1.29, 1.82) is 0 Å². The van der Waals surface area contributed by atoms with Gasteiger partial charge in [0.25, 0.3) is 0 Å². The summed E-state index contributed by atoms with van der Waals surface area (Å²) in [5, 5.41) is 2.25. The summed E-state index contributed by atoms with van der Waals surface area (Å²) in [6, 6.07) is 3.47. The van der Waals surface area contributed by atoms with E-state index in [1.54, 1.807) is 18.2 Å². The lowest BCUT2D eigenvalue weighted by atomic mass is 10.4. The van der Waals surface area contributed by atoms with E-state index in [0.29, 0.717) is 16.6 Å². The molecule has 3 aromatic rings. The fourth-order valence-corrected chi connectivity index (χ4v) is 2.66. The van der Waals surface area contributed by atoms with Crippen molar-refractivity contribution >= 4 is 39.9 Å². The summed E-state index contributed by atoms with van der Waals surface area (Å²) < 4.78 is 11.9. The quantitative estimate of drug-likeness (QED) is 0.547. The first-order valence-electron chi connectivity index (χ1n) is 5.72. The fourth-order valence-electron chi connectivity index (χ4n) is 1.66. The predicted molar refractivity (Wildman–Crippen MR) is 75.6 cm³/mol. The second-order valence-electron chi connectivity index (χ2n) is 3.86. The fraction of sp³-hybridized carbons (Fsp3) is 0.0769. The van der Waals surface area contributed by atoms with Gasteiger partial charge >= 0.3 is 5.97 Å². The van der Waals surface area contributed by atoms with Crippen LogP contribution in [-0.4, -0.2) is 15.4 Å². The average Bonchev–Trinajstić information content (AvgIpc) is 3.11. The third kappa shape index (κ3) is 2.61. The van der Waals surface area contributed by atoms with Crippen LogP contribution in [0, 0.1) is 0 Å². The molecule has 0 amide bonds. The Morgan fingerprint density at radius 2 is 2.50 bits per heavy atom. The summed E-state index contributed by atoms with van der Waals surface area (Å²) in [4.78, 5) is 16.5. The van der Waals surface area contributed by atoms with Crippen LogP contribution in [0.5, 0.6) is 0 Å². The molecular formula is C13H9ClN2O3S. The van der Waals surface area contributed by atoms with E-state index in [4.69, 9.17) is 20.8 Å². The summed E-state index contributed by atoms with van der Waals surface area (Å²) in [5.74, 6) is 0.122. The second kappa shape index (κ2) is 5.52. The van der Waals surface area contributed by atoms with Gasteiger partial charge in [0.15, 0.2) is 10.1 Å². The van der Waals surface area contributed by atoms with E-state index < -0.39 is 5.97 Å². The Balaban J connectivity index is 1.68. The zero-order chi connectivity index (χ0) is 13.9. The van der Waals surface area contributed by atoms with Gasteiger partial charge in [0, 0.05) is 17.7 Å². The van der Waals surface area contributed by atoms with Crippen LogP contribution in [-0.2, 0) is 16.1 Å². The van der Waals surface area contributed by atoms with Gasteiger partial charge in [-0.1, -0.05) is 11.6 Å². The first-order chi connectivity index (χ1) is 9.74. The number of esters is 1. The first kappa shape index (κ1) is 13.0. The van der Waals surface area contributed by atoms with E-state index in [-0.39, 0.29) is 6.61 Å². The molecule has 0 aliphatic heterocycles. The zero-order valence-electron chi connectivity index (χ0n) is 10.2. The van der Waals surface area contributed by atoms with Crippen LogP contribution in [0.15, 0.2) is 40.5 Å². The van der Waals surface area contributed by atoms with E-state index in [1.165, 1.54) is 23.7 Å². The first-order valence-corrected chi connectivity index (χ1v) is 6.98. The summed E-state index contributed by atoms with van der Waals surface area (Å²) in [6.07, 6.45) is 6.26. The van der Waals surface area contributed by atoms with Gasteiger partial charge in [-0.15, -0.1) is 11.3 Å². The molecule has 0 fully saturated rings. The lowest BCUT2D eigenvalue weighted by Gasteiger charge is -1.98. The molecule has 20 heavy (non-hydrogen) atoms. The summed E-state index contributed by atoms with van der Waals surface area (Å²) in [6.45, 7) is 0.101. The smallest absolute Gasteiger partial charge is 0.331 e. The minimum atomic E-state index is -0.470. The normalized spacial score (nSPS) is 11.4. The molecule has 0 aromatic carbocycles. The highest BCUT2D eigenvalue weighted by Crippen LogP contribution is 2.22. The van der Waals surface area contributed by atoms with Gasteiger partial charge < -0.3 is 9.15 Å². The topological polar surface area (TPSA) is 56.7 Å². The van der Waals surface area contributed by atoms with Crippen LogP contribution in [0.2, 0.25) is 5.15 Å². The third-order valence-corrected chi connectivity index (χ3v) is 3.60. The summed E-state index contributed by atoms with van der Waals surface area (Å²) >= 11 is 7.48. The molecule has 0 aliphatic rings. The Kier molecular flexibility index (Phi) is 3.58. The Morgan fingerprint density at radius 3 is 3.30 bits per heavy atom. The molecule has 0 atom stereocenters. The van der Waals surface area contributed by atoms with E-state index in [0.717, 1.165) is 4.96 Å². The Hall–Kier alpha value is -2.05. The summed E-state index contributed by atoms with van der Waals surface area (Å²) in [7, 11) is 0. The number of rotatable bonds is 4. The number of ether oxygens (including phenoxy) is 1. The minimum absolute atomic E-state index is 0.101. The predicted octanol–water partition coefficient (Wildman–Crippen LogP) is 3.40. The van der Waals surface area contributed by atoms with Crippen LogP contribution >= 0.6 is 22.9 Å². The van der Waals surface area contributed by atoms with E-state index in [1.807, 2.05) is 16.0 Å². The number of thiazole rings is 1. The van der Waals surface area contributed by atoms with Crippen LogP contribution < -0.4 is 0 Å². The number of hydrogen-bond donors (Lipinski definition) is 0. The van der Waals surface area contributed by atoms with Crippen LogP contribution in [0.4, 0.5) is 0 Å². The molecule has 102 valence electrons.